The van der Waals surface area contributed by atoms with Crippen molar-refractivity contribution in [1.82, 2.24) is 9.88 Å². The molecule has 24 heavy (non-hydrogen) atoms. The summed E-state index contributed by atoms with van der Waals surface area (Å²) in [5.41, 5.74) is 1.01. The monoisotopic (exact) mass is 334 g/mol. The van der Waals surface area contributed by atoms with Crippen molar-refractivity contribution in [2.75, 3.05) is 33.4 Å². The molecule has 5 nitrogen and oxygen atoms in total. The van der Waals surface area contributed by atoms with Crippen LogP contribution in [0.2, 0.25) is 0 Å². The second kappa shape index (κ2) is 7.88. The number of nitrogens with one attached hydrogen (secondary N) is 1. The number of H-pyrrole nitrogens is 1. The largest absolute Gasteiger partial charge is 0.383 e. The number of hydrogen-bond acceptors (Lipinski definition) is 4. The van der Waals surface area contributed by atoms with Crippen LogP contribution >= 0.6 is 0 Å². The highest BCUT2D eigenvalue weighted by Gasteiger charge is 2.20. The van der Waals surface area contributed by atoms with Gasteiger partial charge in [-0.15, -0.1) is 0 Å². The molecule has 0 amide bonds. The number of ether oxygens (including phenoxy) is 2. The van der Waals surface area contributed by atoms with Crippen molar-refractivity contribution in [2.24, 2.45) is 0 Å². The molecule has 6 heteroatoms. The number of rotatable bonds is 7. The Bertz CT molecular complexity index is 741. The first kappa shape index (κ1) is 17.1. The topological polar surface area (TPSA) is 54.6 Å². The second-order valence-corrected chi connectivity index (χ2v) is 6.22. The van der Waals surface area contributed by atoms with Gasteiger partial charge < -0.3 is 14.5 Å². The number of fused-ring (bicyclic) bond motifs is 1. The third-order valence-corrected chi connectivity index (χ3v) is 4.38. The van der Waals surface area contributed by atoms with E-state index in [0.717, 1.165) is 37.9 Å². The predicted octanol–water partition coefficient (Wildman–Crippen LogP) is 2.29. The van der Waals surface area contributed by atoms with Gasteiger partial charge >= 0.3 is 0 Å². The smallest absolute Gasteiger partial charge is 0.252 e. The van der Waals surface area contributed by atoms with Gasteiger partial charge in [-0.2, -0.15) is 0 Å². The van der Waals surface area contributed by atoms with Gasteiger partial charge in [-0.1, -0.05) is 0 Å². The van der Waals surface area contributed by atoms with Crippen molar-refractivity contribution in [3.05, 3.63) is 46.0 Å². The molecule has 0 aliphatic carbocycles. The first-order chi connectivity index (χ1) is 11.7. The Morgan fingerprint density at radius 1 is 1.42 bits per heavy atom. The number of hydrogen-bond donors (Lipinski definition) is 1. The highest BCUT2D eigenvalue weighted by Crippen LogP contribution is 2.16. The normalized spacial score (nSPS) is 17.9. The van der Waals surface area contributed by atoms with Gasteiger partial charge in [-0.05, 0) is 42.5 Å². The van der Waals surface area contributed by atoms with E-state index in [4.69, 9.17) is 9.47 Å². The Morgan fingerprint density at radius 3 is 3.04 bits per heavy atom. The molecule has 0 radical (unpaired) electrons. The molecular formula is C18H23FN2O3. The zero-order valence-corrected chi connectivity index (χ0v) is 13.9. The van der Waals surface area contributed by atoms with Crippen molar-refractivity contribution in [3.63, 3.8) is 0 Å². The van der Waals surface area contributed by atoms with Crippen LogP contribution in [0.4, 0.5) is 4.39 Å². The Balaban J connectivity index is 1.79. The lowest BCUT2D eigenvalue weighted by Gasteiger charge is -2.24. The van der Waals surface area contributed by atoms with Crippen LogP contribution in [-0.4, -0.2) is 49.4 Å². The molecule has 0 saturated carbocycles. The first-order valence-corrected chi connectivity index (χ1v) is 8.30. The number of halogens is 1. The summed E-state index contributed by atoms with van der Waals surface area (Å²) < 4.78 is 24.2. The van der Waals surface area contributed by atoms with Crippen LogP contribution in [0.1, 0.15) is 18.4 Å². The summed E-state index contributed by atoms with van der Waals surface area (Å²) in [6.07, 6.45) is 2.36. The van der Waals surface area contributed by atoms with Gasteiger partial charge in [0.1, 0.15) is 5.82 Å². The molecule has 0 unspecified atom stereocenters. The van der Waals surface area contributed by atoms with E-state index in [1.807, 2.05) is 6.07 Å². The molecule has 1 atom stereocenters. The average molecular weight is 334 g/mol. The standard InChI is InChI=1S/C18H23FN2O3/c1-23-8-6-21(12-16-3-2-7-24-16)11-14-9-13-4-5-15(19)10-17(13)20-18(14)22/h4-5,9-10,16H,2-3,6-8,11-12H2,1H3,(H,20,22)/t16-/m1/s1. The van der Waals surface area contributed by atoms with E-state index in [-0.39, 0.29) is 17.5 Å². The molecule has 1 aromatic carbocycles. The summed E-state index contributed by atoms with van der Waals surface area (Å²) in [5, 5.41) is 0.829. The Kier molecular flexibility index (Phi) is 5.60. The third-order valence-electron chi connectivity index (χ3n) is 4.38. The number of aromatic amines is 1. The molecule has 1 aliphatic heterocycles. The van der Waals surface area contributed by atoms with Crippen LogP contribution < -0.4 is 5.56 Å². The Hall–Kier alpha value is -1.76. The minimum atomic E-state index is -0.356. The zero-order valence-electron chi connectivity index (χ0n) is 13.9. The molecule has 0 bridgehead atoms. The molecular weight excluding hydrogens is 311 g/mol. The summed E-state index contributed by atoms with van der Waals surface area (Å²) in [6.45, 7) is 3.45. The van der Waals surface area contributed by atoms with Crippen LogP contribution in [0, 0.1) is 5.82 Å². The highest BCUT2D eigenvalue weighted by atomic mass is 19.1. The van der Waals surface area contributed by atoms with Gasteiger partial charge in [0.2, 0.25) is 0 Å². The number of pyridine rings is 1. The lowest BCUT2D eigenvalue weighted by Crippen LogP contribution is -2.35. The lowest BCUT2D eigenvalue weighted by atomic mass is 10.1. The molecule has 1 aliphatic rings. The Morgan fingerprint density at radius 2 is 2.29 bits per heavy atom. The number of methoxy groups -OCH3 is 1. The van der Waals surface area contributed by atoms with E-state index in [2.05, 4.69) is 9.88 Å². The summed E-state index contributed by atoms with van der Waals surface area (Å²) in [6, 6.07) is 6.27. The second-order valence-electron chi connectivity index (χ2n) is 6.22. The summed E-state index contributed by atoms with van der Waals surface area (Å²) >= 11 is 0. The summed E-state index contributed by atoms with van der Waals surface area (Å²) in [7, 11) is 1.67. The van der Waals surface area contributed by atoms with Gasteiger partial charge in [0.15, 0.2) is 0 Å². The third kappa shape index (κ3) is 4.20. The SMILES string of the molecule is COCCN(Cc1cc2ccc(F)cc2[nH]c1=O)C[C@H]1CCCO1. The van der Waals surface area contributed by atoms with Gasteiger partial charge in [0.05, 0.1) is 18.2 Å². The fourth-order valence-electron chi connectivity index (χ4n) is 3.11. The van der Waals surface area contributed by atoms with Gasteiger partial charge in [0.25, 0.3) is 5.56 Å². The maximum Gasteiger partial charge on any atom is 0.252 e. The van der Waals surface area contributed by atoms with Crippen LogP contribution in [-0.2, 0) is 16.0 Å². The first-order valence-electron chi connectivity index (χ1n) is 8.30. The van der Waals surface area contributed by atoms with E-state index >= 15 is 0 Å². The zero-order chi connectivity index (χ0) is 16.9. The highest BCUT2D eigenvalue weighted by molar-refractivity contribution is 5.78. The quantitative estimate of drug-likeness (QED) is 0.844. The van der Waals surface area contributed by atoms with E-state index in [1.165, 1.54) is 12.1 Å². The fourth-order valence-corrected chi connectivity index (χ4v) is 3.11. The van der Waals surface area contributed by atoms with E-state index in [0.29, 0.717) is 24.2 Å². The molecule has 0 spiro atoms. The van der Waals surface area contributed by atoms with Crippen molar-refractivity contribution in [2.45, 2.75) is 25.5 Å². The average Bonchev–Trinajstić information content (AvgIpc) is 3.06. The van der Waals surface area contributed by atoms with E-state index in [9.17, 15) is 9.18 Å². The van der Waals surface area contributed by atoms with E-state index < -0.39 is 0 Å². The van der Waals surface area contributed by atoms with Crippen molar-refractivity contribution >= 4 is 10.9 Å². The molecule has 1 N–H and O–H groups in total. The molecule has 1 fully saturated rings. The fraction of sp³-hybridized carbons (Fsp3) is 0.500. The number of benzene rings is 1. The minimum Gasteiger partial charge on any atom is -0.383 e. The Labute approximate surface area is 140 Å². The minimum absolute atomic E-state index is 0.178. The van der Waals surface area contributed by atoms with E-state index in [1.54, 1.807) is 13.2 Å². The van der Waals surface area contributed by atoms with Gasteiger partial charge in [-0.3, -0.25) is 9.69 Å². The maximum absolute atomic E-state index is 13.3. The van der Waals surface area contributed by atoms with Gasteiger partial charge in [0, 0.05) is 38.9 Å². The number of aromatic nitrogens is 1. The van der Waals surface area contributed by atoms with Crippen LogP contribution in [0.25, 0.3) is 10.9 Å². The molecule has 130 valence electrons. The molecule has 2 aromatic rings. The van der Waals surface area contributed by atoms with Crippen molar-refractivity contribution in [1.29, 1.82) is 0 Å². The summed E-state index contributed by atoms with van der Waals surface area (Å²) in [4.78, 5) is 17.3. The number of nitrogens with zero attached hydrogens (tertiary/aromatic N) is 1. The lowest BCUT2D eigenvalue weighted by molar-refractivity contribution is 0.0586. The van der Waals surface area contributed by atoms with Gasteiger partial charge in [-0.25, -0.2) is 4.39 Å². The summed E-state index contributed by atoms with van der Waals surface area (Å²) in [5.74, 6) is -0.356. The van der Waals surface area contributed by atoms with Crippen LogP contribution in [0.3, 0.4) is 0 Å². The molecule has 3 rings (SSSR count). The van der Waals surface area contributed by atoms with Crippen molar-refractivity contribution < 1.29 is 13.9 Å². The van der Waals surface area contributed by atoms with Crippen LogP contribution in [0.5, 0.6) is 0 Å². The van der Waals surface area contributed by atoms with Crippen molar-refractivity contribution in [3.8, 4) is 0 Å². The molecule has 1 aromatic heterocycles. The van der Waals surface area contributed by atoms with Crippen LogP contribution in [0.15, 0.2) is 29.1 Å². The molecule has 1 saturated heterocycles. The predicted molar refractivity (Wildman–Crippen MR) is 90.7 cm³/mol. The maximum atomic E-state index is 13.3. The molecule has 2 heterocycles.